The van der Waals surface area contributed by atoms with Crippen LogP contribution in [0.1, 0.15) is 29.9 Å². The second-order valence-electron chi connectivity index (χ2n) is 8.77. The number of phenols is 1. The molecular formula is C24H14ClF5N4O2S. The van der Waals surface area contributed by atoms with Crippen molar-refractivity contribution in [1.29, 1.82) is 0 Å². The maximum atomic E-state index is 14.4. The number of phenolic OH excluding ortho intramolecular Hbond substituents is 1. The molecule has 37 heavy (non-hydrogen) atoms. The van der Waals surface area contributed by atoms with Crippen LogP contribution in [0.25, 0.3) is 31.7 Å². The molecule has 0 bridgehead atoms. The van der Waals surface area contributed by atoms with Crippen LogP contribution in [-0.2, 0) is 12.8 Å². The van der Waals surface area contributed by atoms with Crippen LogP contribution in [0.3, 0.4) is 0 Å². The summed E-state index contributed by atoms with van der Waals surface area (Å²) >= 11 is 7.02. The standard InChI is InChI=1S/C24H14ClF5N4O2S/c25-15-4-3-12-18-22(37-20(12)19(15)35)32-21(14-6-17(27)16(26)5-13(14)11-1-2-11)33(23(18)36)8-10-7-31-34(9-10)24(28,29)30/h3-7,9,11,35H,1-2,8H2. The summed E-state index contributed by atoms with van der Waals surface area (Å²) in [6.45, 7) is -0.368. The quantitative estimate of drug-likeness (QED) is 0.258. The number of benzene rings is 2. The number of aromatic hydroxyl groups is 1. The average Bonchev–Trinajstić information content (AvgIpc) is 3.44. The molecule has 1 aliphatic rings. The molecule has 1 saturated carbocycles. The smallest absolute Gasteiger partial charge is 0.504 e. The van der Waals surface area contributed by atoms with Crippen LogP contribution in [0.5, 0.6) is 5.75 Å². The zero-order chi connectivity index (χ0) is 26.2. The van der Waals surface area contributed by atoms with E-state index in [0.717, 1.165) is 53.3 Å². The third-order valence-corrected chi connectivity index (χ3v) is 7.68. The van der Waals surface area contributed by atoms with E-state index in [4.69, 9.17) is 11.6 Å². The number of hydrogen-bond donors (Lipinski definition) is 1. The SMILES string of the molecule is O=c1c2c(nc(-c3cc(F)c(F)cc3C3CC3)n1Cc1cnn(C(F)(F)F)c1)sc1c(O)c(Cl)ccc12. The lowest BCUT2D eigenvalue weighted by molar-refractivity contribution is -0.212. The molecule has 0 spiro atoms. The van der Waals surface area contributed by atoms with Gasteiger partial charge in [-0.05, 0) is 42.5 Å². The van der Waals surface area contributed by atoms with Crippen molar-refractivity contribution in [2.45, 2.75) is 31.6 Å². The van der Waals surface area contributed by atoms with E-state index in [2.05, 4.69) is 10.1 Å². The Morgan fingerprint density at radius 3 is 2.57 bits per heavy atom. The van der Waals surface area contributed by atoms with Crippen molar-refractivity contribution in [3.8, 4) is 17.1 Å². The lowest BCUT2D eigenvalue weighted by Crippen LogP contribution is -2.24. The first-order valence-electron chi connectivity index (χ1n) is 11.0. The molecule has 0 saturated heterocycles. The van der Waals surface area contributed by atoms with Crippen molar-refractivity contribution >= 4 is 43.2 Å². The molecule has 1 fully saturated rings. The Bertz CT molecular complexity index is 1790. The minimum absolute atomic E-state index is 0.0322. The number of rotatable bonds is 4. The molecule has 6 rings (SSSR count). The number of halogens is 6. The van der Waals surface area contributed by atoms with Crippen LogP contribution < -0.4 is 5.56 Å². The fourth-order valence-electron chi connectivity index (χ4n) is 4.39. The molecule has 3 heterocycles. The molecule has 3 aromatic heterocycles. The van der Waals surface area contributed by atoms with Gasteiger partial charge in [0.15, 0.2) is 17.4 Å². The van der Waals surface area contributed by atoms with Gasteiger partial charge >= 0.3 is 6.30 Å². The van der Waals surface area contributed by atoms with Gasteiger partial charge in [-0.2, -0.15) is 9.78 Å². The Morgan fingerprint density at radius 1 is 1.16 bits per heavy atom. The van der Waals surface area contributed by atoms with Crippen LogP contribution in [0.2, 0.25) is 5.02 Å². The van der Waals surface area contributed by atoms with Gasteiger partial charge in [-0.1, -0.05) is 17.7 Å². The molecule has 1 aliphatic carbocycles. The summed E-state index contributed by atoms with van der Waals surface area (Å²) in [5, 5.41) is 14.3. The molecule has 5 aromatic rings. The highest BCUT2D eigenvalue weighted by molar-refractivity contribution is 7.25. The third-order valence-electron chi connectivity index (χ3n) is 6.27. The van der Waals surface area contributed by atoms with Crippen LogP contribution in [0.15, 0.2) is 41.5 Å². The Morgan fingerprint density at radius 2 is 1.89 bits per heavy atom. The Labute approximate surface area is 213 Å². The van der Waals surface area contributed by atoms with Crippen molar-refractivity contribution in [2.75, 3.05) is 0 Å². The lowest BCUT2D eigenvalue weighted by Gasteiger charge is -2.15. The molecule has 2 aromatic carbocycles. The fourth-order valence-corrected chi connectivity index (χ4v) is 5.71. The molecule has 0 radical (unpaired) electrons. The molecule has 13 heteroatoms. The van der Waals surface area contributed by atoms with Gasteiger partial charge in [-0.3, -0.25) is 9.36 Å². The van der Waals surface area contributed by atoms with Crippen LogP contribution in [0, 0.1) is 11.6 Å². The highest BCUT2D eigenvalue weighted by Crippen LogP contribution is 2.46. The number of fused-ring (bicyclic) bond motifs is 3. The van der Waals surface area contributed by atoms with Crippen molar-refractivity contribution < 1.29 is 27.1 Å². The Balaban J connectivity index is 1.65. The summed E-state index contributed by atoms with van der Waals surface area (Å²) in [6.07, 6.45) is -1.58. The Kier molecular flexibility index (Phi) is 5.32. The largest absolute Gasteiger partial charge is 0.505 e. The number of aromatic nitrogens is 4. The average molecular weight is 553 g/mol. The Hall–Kier alpha value is -3.51. The molecule has 1 N–H and O–H groups in total. The van der Waals surface area contributed by atoms with E-state index >= 15 is 0 Å². The minimum atomic E-state index is -4.76. The first-order valence-corrected chi connectivity index (χ1v) is 12.2. The first kappa shape index (κ1) is 23.9. The predicted octanol–water partition coefficient (Wildman–Crippen LogP) is 6.51. The zero-order valence-electron chi connectivity index (χ0n) is 18.5. The van der Waals surface area contributed by atoms with E-state index in [1.165, 1.54) is 12.1 Å². The zero-order valence-corrected chi connectivity index (χ0v) is 20.1. The van der Waals surface area contributed by atoms with E-state index in [1.54, 1.807) is 0 Å². The lowest BCUT2D eigenvalue weighted by atomic mass is 10.0. The van der Waals surface area contributed by atoms with E-state index in [1.807, 2.05) is 0 Å². The summed E-state index contributed by atoms with van der Waals surface area (Å²) in [5.41, 5.74) is 0.0437. The summed E-state index contributed by atoms with van der Waals surface area (Å²) < 4.78 is 69.2. The number of nitrogens with zero attached hydrogens (tertiary/aromatic N) is 4. The van der Waals surface area contributed by atoms with Crippen LogP contribution in [0.4, 0.5) is 22.0 Å². The number of hydrogen-bond acceptors (Lipinski definition) is 5. The highest BCUT2D eigenvalue weighted by Gasteiger charge is 2.33. The second kappa shape index (κ2) is 8.25. The number of thiophene rings is 1. The maximum absolute atomic E-state index is 14.4. The van der Waals surface area contributed by atoms with E-state index in [0.29, 0.717) is 15.6 Å². The van der Waals surface area contributed by atoms with Crippen molar-refractivity contribution in [2.24, 2.45) is 0 Å². The van der Waals surface area contributed by atoms with Gasteiger partial charge in [0, 0.05) is 22.7 Å². The van der Waals surface area contributed by atoms with Gasteiger partial charge < -0.3 is 5.11 Å². The molecule has 6 nitrogen and oxygen atoms in total. The highest BCUT2D eigenvalue weighted by atomic mass is 35.5. The summed E-state index contributed by atoms with van der Waals surface area (Å²) in [6, 6.07) is 4.98. The molecule has 190 valence electrons. The van der Waals surface area contributed by atoms with E-state index in [-0.39, 0.29) is 55.1 Å². The van der Waals surface area contributed by atoms with Gasteiger partial charge in [-0.15, -0.1) is 24.5 Å². The first-order chi connectivity index (χ1) is 17.5. The van der Waals surface area contributed by atoms with Gasteiger partial charge in [-0.25, -0.2) is 13.8 Å². The summed E-state index contributed by atoms with van der Waals surface area (Å²) in [4.78, 5) is 18.7. The summed E-state index contributed by atoms with van der Waals surface area (Å²) in [7, 11) is 0. The van der Waals surface area contributed by atoms with E-state index < -0.39 is 23.5 Å². The molecule has 0 aliphatic heterocycles. The second-order valence-corrected chi connectivity index (χ2v) is 10.2. The molecular weight excluding hydrogens is 539 g/mol. The van der Waals surface area contributed by atoms with Crippen LogP contribution >= 0.6 is 22.9 Å². The molecule has 0 unspecified atom stereocenters. The van der Waals surface area contributed by atoms with Crippen molar-refractivity contribution in [3.05, 3.63) is 74.8 Å². The van der Waals surface area contributed by atoms with Gasteiger partial charge in [0.2, 0.25) is 0 Å². The van der Waals surface area contributed by atoms with Crippen molar-refractivity contribution in [3.63, 3.8) is 0 Å². The minimum Gasteiger partial charge on any atom is -0.505 e. The topological polar surface area (TPSA) is 72.9 Å². The monoisotopic (exact) mass is 552 g/mol. The third kappa shape index (κ3) is 3.95. The number of alkyl halides is 3. The van der Waals surface area contributed by atoms with Crippen LogP contribution in [-0.4, -0.2) is 24.4 Å². The van der Waals surface area contributed by atoms with E-state index in [9.17, 15) is 31.9 Å². The van der Waals surface area contributed by atoms with Crippen molar-refractivity contribution in [1.82, 2.24) is 19.3 Å². The molecule has 0 atom stereocenters. The summed E-state index contributed by atoms with van der Waals surface area (Å²) in [5.74, 6) is -2.54. The fraction of sp³-hybridized carbons (Fsp3) is 0.208. The molecule has 0 amide bonds. The van der Waals surface area contributed by atoms with Gasteiger partial charge in [0.05, 0.1) is 27.9 Å². The normalized spacial score (nSPS) is 14.2. The van der Waals surface area contributed by atoms with Gasteiger partial charge in [0.25, 0.3) is 5.56 Å². The maximum Gasteiger partial charge on any atom is 0.504 e. The predicted molar refractivity (Wildman–Crippen MR) is 128 cm³/mol. The van der Waals surface area contributed by atoms with Gasteiger partial charge in [0.1, 0.15) is 10.7 Å².